The van der Waals surface area contributed by atoms with Gasteiger partial charge in [0, 0.05) is 23.8 Å². The summed E-state index contributed by atoms with van der Waals surface area (Å²) in [4.78, 5) is 24.8. The molecule has 4 saturated carbocycles. The molecule has 0 radical (unpaired) electrons. The van der Waals surface area contributed by atoms with Gasteiger partial charge in [-0.15, -0.1) is 0 Å². The molecule has 14 atom stereocenters. The summed E-state index contributed by atoms with van der Waals surface area (Å²) >= 11 is 0. The highest BCUT2D eigenvalue weighted by molar-refractivity contribution is 5.85. The predicted molar refractivity (Wildman–Crippen MR) is 136 cm³/mol. The molecule has 0 bridgehead atoms. The molecule has 0 amide bonds. The summed E-state index contributed by atoms with van der Waals surface area (Å²) in [5.41, 5.74) is -3.89. The Balaban J connectivity index is 1.25. The van der Waals surface area contributed by atoms with Crippen LogP contribution in [0.25, 0.3) is 0 Å². The summed E-state index contributed by atoms with van der Waals surface area (Å²) in [5, 5.41) is 66.7. The van der Waals surface area contributed by atoms with Crippen LogP contribution >= 0.6 is 0 Å². The van der Waals surface area contributed by atoms with Gasteiger partial charge in [0.2, 0.25) is 0 Å². The van der Waals surface area contributed by atoms with Gasteiger partial charge in [-0.2, -0.15) is 0 Å². The number of carbonyl (C=O) groups excluding carboxylic acids is 2. The first kappa shape index (κ1) is 28.7. The first-order valence-electron chi connectivity index (χ1n) is 14.6. The van der Waals surface area contributed by atoms with E-state index in [0.717, 1.165) is 11.9 Å². The number of ether oxygens (including phenoxy) is 3. The fourth-order valence-electron chi connectivity index (χ4n) is 9.82. The SMILES string of the molecule is C[C@@H]1OC(O[C@H]2CC[C@]3(C=O)[C@H]4[C@H](O)C[C@]5(C)[C@@H](C6=CC(=O)OC6)CC[C@]5(O)[C@@H]4CC[C@]3(O)C2)[C@H](O)[C@H](O)[C@H]1O. The molecule has 11 nitrogen and oxygen atoms in total. The fourth-order valence-corrected chi connectivity index (χ4v) is 9.82. The van der Waals surface area contributed by atoms with Gasteiger partial charge in [-0.3, -0.25) is 0 Å². The van der Waals surface area contributed by atoms with Crippen LogP contribution in [0.3, 0.4) is 0 Å². The molecule has 224 valence electrons. The maximum Gasteiger partial charge on any atom is 0.331 e. The molecule has 6 N–H and O–H groups in total. The van der Waals surface area contributed by atoms with Crippen molar-refractivity contribution in [3.63, 3.8) is 0 Å². The van der Waals surface area contributed by atoms with Crippen LogP contribution in [-0.4, -0.2) is 104 Å². The van der Waals surface area contributed by atoms with Crippen molar-refractivity contribution < 1.29 is 54.4 Å². The number of aliphatic hydroxyl groups excluding tert-OH is 4. The number of aliphatic hydroxyl groups is 6. The molecule has 0 aromatic heterocycles. The number of cyclic esters (lactones) is 1. The highest BCUT2D eigenvalue weighted by Crippen LogP contribution is 2.70. The summed E-state index contributed by atoms with van der Waals surface area (Å²) < 4.78 is 16.8. The smallest absolute Gasteiger partial charge is 0.331 e. The van der Waals surface area contributed by atoms with Gasteiger partial charge in [0.05, 0.1) is 34.9 Å². The number of hydrogen-bond donors (Lipinski definition) is 6. The van der Waals surface area contributed by atoms with Crippen molar-refractivity contribution in [2.45, 2.75) is 119 Å². The molecule has 11 heteroatoms. The second-order valence-corrected chi connectivity index (χ2v) is 13.6. The minimum absolute atomic E-state index is 0.0615. The molecule has 40 heavy (non-hydrogen) atoms. The second kappa shape index (κ2) is 9.54. The van der Waals surface area contributed by atoms with Crippen LogP contribution in [0.4, 0.5) is 0 Å². The van der Waals surface area contributed by atoms with Crippen molar-refractivity contribution in [3.05, 3.63) is 11.6 Å². The van der Waals surface area contributed by atoms with Crippen molar-refractivity contribution in [2.75, 3.05) is 6.61 Å². The Bertz CT molecular complexity index is 1080. The number of hydrogen-bond acceptors (Lipinski definition) is 11. The molecular formula is C29H42O11. The second-order valence-electron chi connectivity index (χ2n) is 13.6. The predicted octanol–water partition coefficient (Wildman–Crippen LogP) is -0.279. The average Bonchev–Trinajstić information content (AvgIpc) is 3.45. The topological polar surface area (TPSA) is 183 Å². The monoisotopic (exact) mass is 566 g/mol. The Kier molecular flexibility index (Phi) is 6.83. The van der Waals surface area contributed by atoms with E-state index in [1.165, 1.54) is 6.08 Å². The highest BCUT2D eigenvalue weighted by atomic mass is 16.7. The van der Waals surface area contributed by atoms with E-state index < -0.39 is 82.8 Å². The lowest BCUT2D eigenvalue weighted by Crippen LogP contribution is -2.72. The van der Waals surface area contributed by atoms with Gasteiger partial charge in [-0.25, -0.2) is 4.79 Å². The first-order valence-corrected chi connectivity index (χ1v) is 14.6. The first-order chi connectivity index (χ1) is 18.8. The van der Waals surface area contributed by atoms with Crippen molar-refractivity contribution >= 4 is 12.3 Å². The zero-order valence-corrected chi connectivity index (χ0v) is 23.0. The normalized spacial score (nSPS) is 56.0. The lowest BCUT2D eigenvalue weighted by atomic mass is 9.41. The molecule has 2 aliphatic heterocycles. The van der Waals surface area contributed by atoms with E-state index in [2.05, 4.69) is 0 Å². The molecule has 0 aromatic rings. The van der Waals surface area contributed by atoms with E-state index in [1.807, 2.05) is 6.92 Å². The van der Waals surface area contributed by atoms with Gasteiger partial charge < -0.3 is 49.6 Å². The molecule has 2 heterocycles. The molecule has 4 aliphatic carbocycles. The number of fused-ring (bicyclic) bond motifs is 5. The Morgan fingerprint density at radius 3 is 2.42 bits per heavy atom. The van der Waals surface area contributed by atoms with E-state index in [4.69, 9.17) is 14.2 Å². The number of rotatable bonds is 4. The van der Waals surface area contributed by atoms with Gasteiger partial charge in [0.15, 0.2) is 6.29 Å². The minimum atomic E-state index is -1.51. The summed E-state index contributed by atoms with van der Waals surface area (Å²) in [6, 6.07) is 0. The van der Waals surface area contributed by atoms with Crippen molar-refractivity contribution in [1.29, 1.82) is 0 Å². The number of esters is 1. The van der Waals surface area contributed by atoms with Crippen molar-refractivity contribution in [3.8, 4) is 0 Å². The summed E-state index contributed by atoms with van der Waals surface area (Å²) in [6.07, 6.45) is -2.87. The van der Waals surface area contributed by atoms with Gasteiger partial charge >= 0.3 is 5.97 Å². The van der Waals surface area contributed by atoms with Crippen LogP contribution in [-0.2, 0) is 23.8 Å². The maximum atomic E-state index is 13.0. The molecule has 6 rings (SSSR count). The molecule has 0 aromatic carbocycles. The average molecular weight is 567 g/mol. The van der Waals surface area contributed by atoms with Crippen LogP contribution in [0.5, 0.6) is 0 Å². The third-order valence-electron chi connectivity index (χ3n) is 11.9. The van der Waals surface area contributed by atoms with Gasteiger partial charge in [0.25, 0.3) is 0 Å². The van der Waals surface area contributed by atoms with E-state index in [0.29, 0.717) is 25.7 Å². The van der Waals surface area contributed by atoms with Crippen LogP contribution in [0.2, 0.25) is 0 Å². The maximum absolute atomic E-state index is 13.0. The quantitative estimate of drug-likeness (QED) is 0.149. The summed E-state index contributed by atoms with van der Waals surface area (Å²) in [5.74, 6) is -1.61. The summed E-state index contributed by atoms with van der Waals surface area (Å²) in [6.45, 7) is 3.72. The zero-order valence-electron chi connectivity index (χ0n) is 23.0. The fraction of sp³-hybridized carbons (Fsp3) is 0.862. The Hall–Kier alpha value is -1.44. The summed E-state index contributed by atoms with van der Waals surface area (Å²) in [7, 11) is 0. The Morgan fingerprint density at radius 2 is 1.75 bits per heavy atom. The van der Waals surface area contributed by atoms with Crippen LogP contribution in [0.15, 0.2) is 11.6 Å². The molecule has 1 unspecified atom stereocenters. The third kappa shape index (κ3) is 3.78. The molecular weight excluding hydrogens is 524 g/mol. The van der Waals surface area contributed by atoms with E-state index >= 15 is 0 Å². The molecule has 0 spiro atoms. The van der Waals surface area contributed by atoms with Crippen molar-refractivity contribution in [2.24, 2.45) is 28.6 Å². The standard InChI is InChI=1S/C29H42O11/c1-14-22(33)23(34)24(35)25(39-14)40-16-3-6-27(13-30)21-18(4-7-28(27,36)10-16)29(37)8-5-17(15-9-20(32)38-12-15)26(29,2)11-19(21)31/h9,13-14,16-19,21-25,31,33-37H,3-8,10-12H2,1-2H3/t14-,16-,17+,18+,19+,21+,22-,23+,24+,25?,26+,27-,28-,29-/m0/s1. The zero-order chi connectivity index (χ0) is 28.8. The molecule has 1 saturated heterocycles. The van der Waals surface area contributed by atoms with Crippen LogP contribution in [0, 0.1) is 28.6 Å². The van der Waals surface area contributed by atoms with Crippen LogP contribution < -0.4 is 0 Å². The van der Waals surface area contributed by atoms with Crippen molar-refractivity contribution in [1.82, 2.24) is 0 Å². The van der Waals surface area contributed by atoms with Gasteiger partial charge in [-0.1, -0.05) is 6.92 Å². The van der Waals surface area contributed by atoms with Gasteiger partial charge in [-0.05, 0) is 69.3 Å². The Labute approximate surface area is 233 Å². The van der Waals surface area contributed by atoms with Gasteiger partial charge in [0.1, 0.15) is 31.2 Å². The van der Waals surface area contributed by atoms with E-state index in [1.54, 1.807) is 6.92 Å². The third-order valence-corrected chi connectivity index (χ3v) is 11.9. The highest BCUT2D eigenvalue weighted by Gasteiger charge is 2.73. The van der Waals surface area contributed by atoms with E-state index in [-0.39, 0.29) is 38.2 Å². The number of carbonyl (C=O) groups is 2. The van der Waals surface area contributed by atoms with Crippen LogP contribution in [0.1, 0.15) is 65.2 Å². The lowest BCUT2D eigenvalue weighted by molar-refractivity contribution is -0.320. The molecule has 5 fully saturated rings. The lowest BCUT2D eigenvalue weighted by Gasteiger charge is -2.66. The molecule has 6 aliphatic rings. The van der Waals surface area contributed by atoms with E-state index in [9.17, 15) is 40.2 Å². The Morgan fingerprint density at radius 1 is 1.00 bits per heavy atom. The largest absolute Gasteiger partial charge is 0.458 e. The number of aldehydes is 1. The minimum Gasteiger partial charge on any atom is -0.458 e.